The Bertz CT molecular complexity index is 462. The van der Waals surface area contributed by atoms with Gasteiger partial charge in [0.1, 0.15) is 0 Å². The number of benzene rings is 1. The van der Waals surface area contributed by atoms with Crippen molar-refractivity contribution in [2.75, 3.05) is 0 Å². The van der Waals surface area contributed by atoms with Gasteiger partial charge in [-0.05, 0) is 11.1 Å². The van der Waals surface area contributed by atoms with E-state index in [0.717, 1.165) is 11.1 Å². The summed E-state index contributed by atoms with van der Waals surface area (Å²) in [6, 6.07) is 13.8. The molecule has 2 heteroatoms. The van der Waals surface area contributed by atoms with E-state index in [1.807, 2.05) is 42.5 Å². The van der Waals surface area contributed by atoms with E-state index in [1.165, 1.54) is 10.6 Å². The molecule has 0 aliphatic carbocycles. The number of hydrogen-bond acceptors (Lipinski definition) is 0. The zero-order chi connectivity index (χ0) is 11.4. The van der Waals surface area contributed by atoms with Gasteiger partial charge in [-0.15, -0.1) is 0 Å². The highest BCUT2D eigenvalue weighted by Crippen LogP contribution is 2.16. The molecule has 16 heavy (non-hydrogen) atoms. The largest absolute Gasteiger partial charge is 0.318 e. The second-order valence-corrected chi connectivity index (χ2v) is 3.51. The van der Waals surface area contributed by atoms with E-state index in [2.05, 4.69) is 6.58 Å². The number of halogens is 1. The highest BCUT2D eigenvalue weighted by atomic mass is 19.1. The first kappa shape index (κ1) is 10.6. The summed E-state index contributed by atoms with van der Waals surface area (Å²) in [6.45, 7) is 3.42. The van der Waals surface area contributed by atoms with E-state index >= 15 is 0 Å². The Morgan fingerprint density at radius 2 is 1.56 bits per heavy atom. The van der Waals surface area contributed by atoms with Crippen molar-refractivity contribution < 1.29 is 8.96 Å². The zero-order valence-corrected chi connectivity index (χ0v) is 8.88. The Morgan fingerprint density at radius 1 is 1.00 bits per heavy atom. The minimum atomic E-state index is -1.16. The molecular formula is C14H13FN+. The van der Waals surface area contributed by atoms with Crippen LogP contribution in [-0.2, 0) is 0 Å². The number of pyridine rings is 1. The number of nitrogens with zero attached hydrogens (tertiary/aromatic N) is 1. The van der Waals surface area contributed by atoms with Crippen LogP contribution in [0.25, 0.3) is 11.1 Å². The normalized spacial score (nSPS) is 12.1. The lowest BCUT2D eigenvalue weighted by Gasteiger charge is -2.01. The molecule has 1 unspecified atom stereocenters. The molecule has 0 fully saturated rings. The maximum absolute atomic E-state index is 13.2. The van der Waals surface area contributed by atoms with E-state index in [0.29, 0.717) is 0 Å². The quantitative estimate of drug-likeness (QED) is 0.545. The summed E-state index contributed by atoms with van der Waals surface area (Å²) in [5.74, 6) is 0. The number of rotatable bonds is 3. The predicted octanol–water partition coefficient (Wildman–Crippen LogP) is 3.30. The van der Waals surface area contributed by atoms with Gasteiger partial charge in [-0.2, -0.15) is 8.96 Å². The fourth-order valence-electron chi connectivity index (χ4n) is 1.55. The summed E-state index contributed by atoms with van der Waals surface area (Å²) in [4.78, 5) is 0. The third-order valence-electron chi connectivity index (χ3n) is 2.44. The summed E-state index contributed by atoms with van der Waals surface area (Å²) >= 11 is 0. The average molecular weight is 214 g/mol. The van der Waals surface area contributed by atoms with Crippen molar-refractivity contribution in [2.24, 2.45) is 0 Å². The lowest BCUT2D eigenvalue weighted by Crippen LogP contribution is -2.34. The second-order valence-electron chi connectivity index (χ2n) is 3.51. The van der Waals surface area contributed by atoms with Crippen LogP contribution in [0.4, 0.5) is 4.39 Å². The van der Waals surface area contributed by atoms with Crippen LogP contribution in [0.1, 0.15) is 6.30 Å². The molecule has 0 radical (unpaired) electrons. The van der Waals surface area contributed by atoms with Crippen LogP contribution in [0.5, 0.6) is 0 Å². The maximum Gasteiger partial charge on any atom is 0.318 e. The number of aromatic nitrogens is 1. The topological polar surface area (TPSA) is 3.88 Å². The molecule has 0 saturated carbocycles. The van der Waals surface area contributed by atoms with Gasteiger partial charge in [0, 0.05) is 18.2 Å². The van der Waals surface area contributed by atoms with Gasteiger partial charge in [0.15, 0.2) is 12.4 Å². The first-order valence-electron chi connectivity index (χ1n) is 5.14. The molecule has 1 nitrogen and oxygen atoms in total. The molecule has 0 saturated heterocycles. The van der Waals surface area contributed by atoms with Crippen molar-refractivity contribution in [3.8, 4) is 11.1 Å². The highest BCUT2D eigenvalue weighted by Gasteiger charge is 2.10. The Morgan fingerprint density at radius 3 is 2.12 bits per heavy atom. The van der Waals surface area contributed by atoms with Crippen molar-refractivity contribution >= 4 is 0 Å². The molecule has 0 N–H and O–H groups in total. The first-order valence-corrected chi connectivity index (χ1v) is 5.14. The Hall–Kier alpha value is -1.96. The molecule has 1 aromatic heterocycles. The number of hydrogen-bond donors (Lipinski definition) is 0. The van der Waals surface area contributed by atoms with Crippen LogP contribution in [0.2, 0.25) is 0 Å². The lowest BCUT2D eigenvalue weighted by atomic mass is 10.1. The predicted molar refractivity (Wildman–Crippen MR) is 62.4 cm³/mol. The Kier molecular flexibility index (Phi) is 3.10. The first-order chi connectivity index (χ1) is 7.81. The average Bonchev–Trinajstić information content (AvgIpc) is 2.39. The summed E-state index contributed by atoms with van der Waals surface area (Å²) in [7, 11) is 0. The van der Waals surface area contributed by atoms with Crippen molar-refractivity contribution in [1.82, 2.24) is 0 Å². The minimum absolute atomic E-state index is 1.08. The van der Waals surface area contributed by atoms with Crippen LogP contribution in [0, 0.1) is 0 Å². The van der Waals surface area contributed by atoms with Gasteiger partial charge in [-0.25, -0.2) is 0 Å². The van der Waals surface area contributed by atoms with Gasteiger partial charge in [-0.1, -0.05) is 36.9 Å². The molecule has 0 aliphatic heterocycles. The molecule has 1 aromatic carbocycles. The number of alkyl halides is 1. The second kappa shape index (κ2) is 4.71. The Labute approximate surface area is 94.5 Å². The fraction of sp³-hybridized carbons (Fsp3) is 0.0714. The van der Waals surface area contributed by atoms with Gasteiger partial charge in [0.2, 0.25) is 0 Å². The minimum Gasteiger partial charge on any atom is -0.170 e. The van der Waals surface area contributed by atoms with E-state index in [1.54, 1.807) is 12.4 Å². The standard InChI is InChI=1S/C14H13FN/c1-2-14(15)16-10-8-13(9-11-16)12-6-4-3-5-7-12/h2-11,14H,1H2/q+1. The van der Waals surface area contributed by atoms with Crippen LogP contribution >= 0.6 is 0 Å². The molecule has 2 rings (SSSR count). The molecule has 2 aromatic rings. The van der Waals surface area contributed by atoms with Crippen LogP contribution < -0.4 is 4.57 Å². The van der Waals surface area contributed by atoms with Crippen molar-refractivity contribution in [2.45, 2.75) is 6.30 Å². The van der Waals surface area contributed by atoms with Crippen LogP contribution in [0.3, 0.4) is 0 Å². The van der Waals surface area contributed by atoms with Crippen molar-refractivity contribution in [3.05, 3.63) is 67.5 Å². The molecule has 0 bridgehead atoms. The van der Waals surface area contributed by atoms with Crippen LogP contribution in [-0.4, -0.2) is 0 Å². The van der Waals surface area contributed by atoms with Crippen molar-refractivity contribution in [3.63, 3.8) is 0 Å². The molecule has 1 atom stereocenters. The Balaban J connectivity index is 2.30. The van der Waals surface area contributed by atoms with Crippen LogP contribution in [0.15, 0.2) is 67.5 Å². The molecule has 0 aliphatic rings. The van der Waals surface area contributed by atoms with E-state index in [9.17, 15) is 4.39 Å². The zero-order valence-electron chi connectivity index (χ0n) is 8.88. The maximum atomic E-state index is 13.2. The monoisotopic (exact) mass is 214 g/mol. The summed E-state index contributed by atoms with van der Waals surface area (Å²) in [6.07, 6.45) is 3.54. The molecule has 0 amide bonds. The third kappa shape index (κ3) is 2.16. The third-order valence-corrected chi connectivity index (χ3v) is 2.44. The highest BCUT2D eigenvalue weighted by molar-refractivity contribution is 5.61. The molecule has 0 spiro atoms. The lowest BCUT2D eigenvalue weighted by molar-refractivity contribution is -0.735. The van der Waals surface area contributed by atoms with Crippen molar-refractivity contribution in [1.29, 1.82) is 0 Å². The molecule has 1 heterocycles. The van der Waals surface area contributed by atoms with E-state index < -0.39 is 6.30 Å². The van der Waals surface area contributed by atoms with E-state index in [-0.39, 0.29) is 0 Å². The summed E-state index contributed by atoms with van der Waals surface area (Å²) in [5.41, 5.74) is 2.21. The smallest absolute Gasteiger partial charge is 0.170 e. The van der Waals surface area contributed by atoms with Gasteiger partial charge in [-0.3, -0.25) is 0 Å². The van der Waals surface area contributed by atoms with Gasteiger partial charge in [0.25, 0.3) is 0 Å². The van der Waals surface area contributed by atoms with Gasteiger partial charge in [0.05, 0.1) is 0 Å². The summed E-state index contributed by atoms with van der Waals surface area (Å²) < 4.78 is 14.7. The number of allylic oxidation sites excluding steroid dienone is 1. The molecule has 80 valence electrons. The van der Waals surface area contributed by atoms with Gasteiger partial charge < -0.3 is 0 Å². The molecular weight excluding hydrogens is 201 g/mol. The van der Waals surface area contributed by atoms with E-state index in [4.69, 9.17) is 0 Å². The SMILES string of the molecule is C=CC(F)[n+]1ccc(-c2ccccc2)cc1. The van der Waals surface area contributed by atoms with Gasteiger partial charge >= 0.3 is 6.30 Å². The summed E-state index contributed by atoms with van der Waals surface area (Å²) in [5, 5.41) is 0. The fourth-order valence-corrected chi connectivity index (χ4v) is 1.55.